The van der Waals surface area contributed by atoms with E-state index in [1.165, 1.54) is 6.42 Å². The molecule has 4 nitrogen and oxygen atoms in total. The molecule has 0 amide bonds. The average Bonchev–Trinajstić information content (AvgIpc) is 2.82. The summed E-state index contributed by atoms with van der Waals surface area (Å²) in [6, 6.07) is 5.68. The first-order valence-electron chi connectivity index (χ1n) is 5.56. The van der Waals surface area contributed by atoms with Gasteiger partial charge in [0.05, 0.1) is 0 Å². The average molecular weight is 217 g/mol. The van der Waals surface area contributed by atoms with E-state index in [4.69, 9.17) is 10.00 Å². The normalized spacial score (nSPS) is 19.3. The number of rotatable bonds is 4. The molecule has 0 radical (unpaired) electrons. The van der Waals surface area contributed by atoms with Gasteiger partial charge in [-0.1, -0.05) is 0 Å². The number of nitrogens with zero attached hydrogens (tertiary/aromatic N) is 2. The molecule has 0 bridgehead atoms. The Bertz CT molecular complexity index is 380. The Morgan fingerprint density at radius 1 is 1.62 bits per heavy atom. The monoisotopic (exact) mass is 217 g/mol. The van der Waals surface area contributed by atoms with Crippen molar-refractivity contribution in [1.82, 2.24) is 4.98 Å². The van der Waals surface area contributed by atoms with Crippen LogP contribution in [0.2, 0.25) is 0 Å². The molecule has 1 fully saturated rings. The van der Waals surface area contributed by atoms with Crippen molar-refractivity contribution in [2.75, 3.05) is 25.1 Å². The summed E-state index contributed by atoms with van der Waals surface area (Å²) in [5.74, 6) is 0.685. The molecule has 2 rings (SSSR count). The van der Waals surface area contributed by atoms with E-state index < -0.39 is 0 Å². The van der Waals surface area contributed by atoms with Gasteiger partial charge in [-0.25, -0.2) is 4.98 Å². The van der Waals surface area contributed by atoms with Crippen LogP contribution in [0.1, 0.15) is 18.5 Å². The number of aromatic nitrogens is 1. The maximum absolute atomic E-state index is 8.70. The molecule has 2 heterocycles. The van der Waals surface area contributed by atoms with Crippen molar-refractivity contribution >= 4 is 5.69 Å². The molecule has 1 atom stereocenters. The van der Waals surface area contributed by atoms with E-state index in [1.807, 2.05) is 12.1 Å². The number of hydrogen-bond acceptors (Lipinski definition) is 4. The first kappa shape index (κ1) is 10.9. The Morgan fingerprint density at radius 2 is 2.56 bits per heavy atom. The summed E-state index contributed by atoms with van der Waals surface area (Å²) in [6.07, 6.45) is 3.94. The highest BCUT2D eigenvalue weighted by Crippen LogP contribution is 2.16. The summed E-state index contributed by atoms with van der Waals surface area (Å²) in [4.78, 5) is 3.92. The molecule has 4 heteroatoms. The Kier molecular flexibility index (Phi) is 3.73. The number of anilines is 1. The van der Waals surface area contributed by atoms with Crippen molar-refractivity contribution in [2.24, 2.45) is 5.92 Å². The topological polar surface area (TPSA) is 57.9 Å². The molecule has 1 aromatic rings. The second-order valence-corrected chi connectivity index (χ2v) is 3.99. The largest absolute Gasteiger partial charge is 0.385 e. The van der Waals surface area contributed by atoms with Gasteiger partial charge in [0, 0.05) is 31.6 Å². The summed E-state index contributed by atoms with van der Waals surface area (Å²) >= 11 is 0. The van der Waals surface area contributed by atoms with Crippen LogP contribution in [0.25, 0.3) is 0 Å². The predicted molar refractivity (Wildman–Crippen MR) is 61.0 cm³/mol. The van der Waals surface area contributed by atoms with Crippen molar-refractivity contribution in [3.63, 3.8) is 0 Å². The fraction of sp³-hybridized carbons (Fsp3) is 0.500. The SMILES string of the molecule is N#Cc1cc(NCCC2CCOC2)ccn1. The summed E-state index contributed by atoms with van der Waals surface area (Å²) in [7, 11) is 0. The summed E-state index contributed by atoms with van der Waals surface area (Å²) in [5.41, 5.74) is 1.42. The van der Waals surface area contributed by atoms with Crippen LogP contribution in [0.4, 0.5) is 5.69 Å². The van der Waals surface area contributed by atoms with Crippen LogP contribution in [-0.2, 0) is 4.74 Å². The smallest absolute Gasteiger partial charge is 0.142 e. The van der Waals surface area contributed by atoms with Gasteiger partial charge in [0.1, 0.15) is 11.8 Å². The van der Waals surface area contributed by atoms with E-state index in [2.05, 4.69) is 10.3 Å². The van der Waals surface area contributed by atoms with Crippen molar-refractivity contribution < 1.29 is 4.74 Å². The fourth-order valence-electron chi connectivity index (χ4n) is 1.83. The molecule has 16 heavy (non-hydrogen) atoms. The molecule has 0 saturated carbocycles. The van der Waals surface area contributed by atoms with Gasteiger partial charge in [-0.3, -0.25) is 0 Å². The minimum Gasteiger partial charge on any atom is -0.385 e. The number of pyridine rings is 1. The molecule has 1 aliphatic rings. The first-order chi connectivity index (χ1) is 7.88. The molecule has 1 aliphatic heterocycles. The second kappa shape index (κ2) is 5.47. The van der Waals surface area contributed by atoms with Crippen LogP contribution in [0.15, 0.2) is 18.3 Å². The maximum Gasteiger partial charge on any atom is 0.142 e. The van der Waals surface area contributed by atoms with Crippen LogP contribution in [0, 0.1) is 17.2 Å². The number of nitrogens with one attached hydrogen (secondary N) is 1. The molecule has 0 aromatic carbocycles. The summed E-state index contributed by atoms with van der Waals surface area (Å²) in [6.45, 7) is 2.71. The highest BCUT2D eigenvalue weighted by atomic mass is 16.5. The number of hydrogen-bond donors (Lipinski definition) is 1. The van der Waals surface area contributed by atoms with Gasteiger partial charge < -0.3 is 10.1 Å². The summed E-state index contributed by atoms with van der Waals surface area (Å²) < 4.78 is 5.32. The lowest BCUT2D eigenvalue weighted by atomic mass is 10.1. The van der Waals surface area contributed by atoms with Crippen LogP contribution in [0.3, 0.4) is 0 Å². The lowest BCUT2D eigenvalue weighted by molar-refractivity contribution is 0.185. The lowest BCUT2D eigenvalue weighted by Crippen LogP contribution is -2.09. The van der Waals surface area contributed by atoms with Gasteiger partial charge in [-0.2, -0.15) is 5.26 Å². The lowest BCUT2D eigenvalue weighted by Gasteiger charge is -2.09. The Morgan fingerprint density at radius 3 is 3.31 bits per heavy atom. The fourth-order valence-corrected chi connectivity index (χ4v) is 1.83. The Balaban J connectivity index is 1.78. The van der Waals surface area contributed by atoms with E-state index in [1.54, 1.807) is 12.3 Å². The molecule has 1 aromatic heterocycles. The molecule has 1 N–H and O–H groups in total. The standard InChI is InChI=1S/C12H15N3O/c13-8-12-7-11(2-5-15-12)14-4-1-10-3-6-16-9-10/h2,5,7,10H,1,3-4,6,9H2,(H,14,15). The van der Waals surface area contributed by atoms with E-state index in [-0.39, 0.29) is 0 Å². The minimum absolute atomic E-state index is 0.453. The highest BCUT2D eigenvalue weighted by Gasteiger charge is 2.14. The molecule has 0 aliphatic carbocycles. The maximum atomic E-state index is 8.70. The second-order valence-electron chi connectivity index (χ2n) is 3.99. The molecular formula is C12H15N3O. The zero-order valence-corrected chi connectivity index (χ0v) is 9.15. The third-order valence-electron chi connectivity index (χ3n) is 2.78. The molecule has 1 unspecified atom stereocenters. The van der Waals surface area contributed by atoms with Crippen LogP contribution < -0.4 is 5.32 Å². The third kappa shape index (κ3) is 2.94. The highest BCUT2D eigenvalue weighted by molar-refractivity contribution is 5.45. The van der Waals surface area contributed by atoms with Crippen LogP contribution in [0.5, 0.6) is 0 Å². The molecular weight excluding hydrogens is 202 g/mol. The third-order valence-corrected chi connectivity index (χ3v) is 2.78. The Hall–Kier alpha value is -1.60. The minimum atomic E-state index is 0.453. The number of ether oxygens (including phenoxy) is 1. The van der Waals surface area contributed by atoms with Crippen molar-refractivity contribution in [2.45, 2.75) is 12.8 Å². The molecule has 84 valence electrons. The first-order valence-corrected chi connectivity index (χ1v) is 5.56. The van der Waals surface area contributed by atoms with Gasteiger partial charge >= 0.3 is 0 Å². The van der Waals surface area contributed by atoms with E-state index in [0.717, 1.165) is 31.9 Å². The number of nitriles is 1. The zero-order valence-electron chi connectivity index (χ0n) is 9.15. The van der Waals surface area contributed by atoms with Crippen molar-refractivity contribution in [3.05, 3.63) is 24.0 Å². The predicted octanol–water partition coefficient (Wildman–Crippen LogP) is 1.79. The van der Waals surface area contributed by atoms with Gasteiger partial charge in [-0.05, 0) is 30.9 Å². The quantitative estimate of drug-likeness (QED) is 0.835. The van der Waals surface area contributed by atoms with Gasteiger partial charge in [0.25, 0.3) is 0 Å². The zero-order chi connectivity index (χ0) is 11.2. The van der Waals surface area contributed by atoms with Crippen molar-refractivity contribution in [1.29, 1.82) is 5.26 Å². The molecule has 1 saturated heterocycles. The summed E-state index contributed by atoms with van der Waals surface area (Å²) in [5, 5.41) is 12.0. The van der Waals surface area contributed by atoms with E-state index in [0.29, 0.717) is 11.6 Å². The van der Waals surface area contributed by atoms with Crippen molar-refractivity contribution in [3.8, 4) is 6.07 Å². The van der Waals surface area contributed by atoms with E-state index >= 15 is 0 Å². The van der Waals surface area contributed by atoms with Gasteiger partial charge in [-0.15, -0.1) is 0 Å². The van der Waals surface area contributed by atoms with Gasteiger partial charge in [0.15, 0.2) is 0 Å². The van der Waals surface area contributed by atoms with Crippen LogP contribution >= 0.6 is 0 Å². The molecule has 0 spiro atoms. The Labute approximate surface area is 95.3 Å². The van der Waals surface area contributed by atoms with E-state index in [9.17, 15) is 0 Å². The van der Waals surface area contributed by atoms with Gasteiger partial charge in [0.2, 0.25) is 0 Å². The van der Waals surface area contributed by atoms with Crippen LogP contribution in [-0.4, -0.2) is 24.7 Å².